The summed E-state index contributed by atoms with van der Waals surface area (Å²) in [6, 6.07) is 31.3. The number of rotatable bonds is 2. The molecule has 2 aliphatic rings. The van der Waals surface area contributed by atoms with E-state index in [1.165, 1.54) is 22.3 Å². The van der Waals surface area contributed by atoms with Crippen LogP contribution in [0.15, 0.2) is 97.1 Å². The maximum absolute atomic E-state index is 12.4. The van der Waals surface area contributed by atoms with E-state index in [9.17, 15) is 9.59 Å². The van der Waals surface area contributed by atoms with Gasteiger partial charge in [0.1, 0.15) is 0 Å². The van der Waals surface area contributed by atoms with Gasteiger partial charge in [-0.05, 0) is 104 Å². The highest BCUT2D eigenvalue weighted by Crippen LogP contribution is 2.24. The third kappa shape index (κ3) is 8.12. The third-order valence-corrected chi connectivity index (χ3v) is 7.36. The predicted molar refractivity (Wildman–Crippen MR) is 169 cm³/mol. The Hall–Kier alpha value is -2.76. The summed E-state index contributed by atoms with van der Waals surface area (Å²) in [6.45, 7) is 3.55. The SMILES string of the molecule is C.O=C(O)c1cccc(I)c1.O=C(c1cccc(I)c1)N1Cc2ccccc2C1.c1ccc2c(c1)CNC2. The van der Waals surface area contributed by atoms with Crippen LogP contribution in [0.25, 0.3) is 0 Å². The van der Waals surface area contributed by atoms with Crippen molar-refractivity contribution in [3.8, 4) is 0 Å². The van der Waals surface area contributed by atoms with Crippen LogP contribution in [0, 0.1) is 7.14 Å². The fraction of sp³-hybridized carbons (Fsp3) is 0.161. The first-order chi connectivity index (χ1) is 17.9. The van der Waals surface area contributed by atoms with Crippen molar-refractivity contribution in [3.05, 3.63) is 138 Å². The van der Waals surface area contributed by atoms with Crippen molar-refractivity contribution in [2.75, 3.05) is 0 Å². The standard InChI is InChI=1S/C15H12INO.C8H9N.C7H5IO2.CH4/c16-14-7-3-6-11(8-14)15(18)17-9-12-4-1-2-5-13(12)10-17;1-2-4-8-6-9-5-7(8)3-1;8-6-3-1-2-5(4-6)7(9)10;/h1-8H,9-10H2;1-4,9H,5-6H2;1-4H,(H,9,10);1H4. The van der Waals surface area contributed by atoms with Crippen LogP contribution in [0.1, 0.15) is 50.4 Å². The van der Waals surface area contributed by atoms with Gasteiger partial charge in [-0.2, -0.15) is 0 Å². The van der Waals surface area contributed by atoms with Crippen molar-refractivity contribution in [2.45, 2.75) is 33.6 Å². The van der Waals surface area contributed by atoms with E-state index < -0.39 is 5.97 Å². The summed E-state index contributed by atoms with van der Waals surface area (Å²) >= 11 is 4.31. The summed E-state index contributed by atoms with van der Waals surface area (Å²) in [7, 11) is 0. The molecule has 4 aromatic carbocycles. The van der Waals surface area contributed by atoms with Crippen LogP contribution in [0.4, 0.5) is 0 Å². The van der Waals surface area contributed by atoms with Crippen LogP contribution in [-0.2, 0) is 26.2 Å². The maximum Gasteiger partial charge on any atom is 0.335 e. The van der Waals surface area contributed by atoms with E-state index >= 15 is 0 Å². The van der Waals surface area contributed by atoms with E-state index in [1.54, 1.807) is 18.2 Å². The Kier molecular flexibility index (Phi) is 11.3. The van der Waals surface area contributed by atoms with Crippen LogP contribution in [0.5, 0.6) is 0 Å². The van der Waals surface area contributed by atoms with E-state index in [0.717, 1.165) is 38.9 Å². The lowest BCUT2D eigenvalue weighted by Crippen LogP contribution is -2.25. The van der Waals surface area contributed by atoms with Gasteiger partial charge in [-0.15, -0.1) is 0 Å². The number of halogens is 2. The number of amides is 1. The van der Waals surface area contributed by atoms with Crippen molar-refractivity contribution >= 4 is 57.1 Å². The number of carbonyl (C=O) groups excluding carboxylic acids is 1. The van der Waals surface area contributed by atoms with Crippen LogP contribution in [0.2, 0.25) is 0 Å². The zero-order valence-electron chi connectivity index (χ0n) is 20.0. The smallest absolute Gasteiger partial charge is 0.335 e. The van der Waals surface area contributed by atoms with Crippen molar-refractivity contribution in [3.63, 3.8) is 0 Å². The Morgan fingerprint density at radius 2 is 1.11 bits per heavy atom. The molecule has 7 heteroatoms. The highest BCUT2D eigenvalue weighted by atomic mass is 127. The minimum atomic E-state index is -0.876. The van der Waals surface area contributed by atoms with Crippen molar-refractivity contribution in [1.82, 2.24) is 10.2 Å². The molecule has 2 aliphatic heterocycles. The Morgan fingerprint density at radius 1 is 0.658 bits per heavy atom. The highest BCUT2D eigenvalue weighted by Gasteiger charge is 2.23. The Labute approximate surface area is 251 Å². The molecule has 2 N–H and O–H groups in total. The van der Waals surface area contributed by atoms with E-state index in [1.807, 2.05) is 47.4 Å². The van der Waals surface area contributed by atoms with Crippen molar-refractivity contribution in [1.29, 1.82) is 0 Å². The summed E-state index contributed by atoms with van der Waals surface area (Å²) in [5.74, 6) is -0.761. The molecule has 0 saturated heterocycles. The van der Waals surface area contributed by atoms with Crippen LogP contribution in [0.3, 0.4) is 0 Å². The van der Waals surface area contributed by atoms with Gasteiger partial charge in [-0.25, -0.2) is 4.79 Å². The second kappa shape index (κ2) is 14.4. The van der Waals surface area contributed by atoms with Gasteiger partial charge in [0, 0.05) is 38.9 Å². The zero-order valence-corrected chi connectivity index (χ0v) is 24.3. The first-order valence-corrected chi connectivity index (χ1v) is 13.9. The largest absolute Gasteiger partial charge is 0.478 e. The number of benzene rings is 4. The molecule has 0 radical (unpaired) electrons. The van der Waals surface area contributed by atoms with E-state index in [0.29, 0.717) is 5.56 Å². The normalized spacial score (nSPS) is 12.5. The molecule has 0 bridgehead atoms. The maximum atomic E-state index is 12.4. The summed E-state index contributed by atoms with van der Waals surface area (Å²) in [4.78, 5) is 24.6. The highest BCUT2D eigenvalue weighted by molar-refractivity contribution is 14.1. The summed E-state index contributed by atoms with van der Waals surface area (Å²) in [5, 5.41) is 11.8. The molecule has 1 amide bonds. The van der Waals surface area contributed by atoms with Crippen LogP contribution < -0.4 is 5.32 Å². The topological polar surface area (TPSA) is 69.6 Å². The molecule has 0 unspecified atom stereocenters. The fourth-order valence-corrected chi connectivity index (χ4v) is 5.22. The molecule has 0 saturated carbocycles. The summed E-state index contributed by atoms with van der Waals surface area (Å²) < 4.78 is 2.03. The number of fused-ring (bicyclic) bond motifs is 2. The molecule has 0 atom stereocenters. The van der Waals surface area contributed by atoms with Gasteiger partial charge in [-0.3, -0.25) is 4.79 Å². The van der Waals surface area contributed by atoms with Gasteiger partial charge in [-0.1, -0.05) is 68.1 Å². The zero-order chi connectivity index (χ0) is 26.2. The van der Waals surface area contributed by atoms with Gasteiger partial charge in [0.25, 0.3) is 5.91 Å². The van der Waals surface area contributed by atoms with Crippen LogP contribution in [-0.4, -0.2) is 21.9 Å². The first-order valence-electron chi connectivity index (χ1n) is 11.8. The average molecular weight is 732 g/mol. The average Bonchev–Trinajstić information content (AvgIpc) is 3.56. The van der Waals surface area contributed by atoms with E-state index in [2.05, 4.69) is 86.9 Å². The number of carboxylic acids is 1. The van der Waals surface area contributed by atoms with Crippen LogP contribution >= 0.6 is 45.2 Å². The Balaban J connectivity index is 0.000000170. The summed E-state index contributed by atoms with van der Waals surface area (Å²) in [6.07, 6.45) is 0. The predicted octanol–water partition coefficient (Wildman–Crippen LogP) is 7.36. The minimum Gasteiger partial charge on any atom is -0.478 e. The number of hydrogen-bond acceptors (Lipinski definition) is 3. The molecule has 0 aliphatic carbocycles. The van der Waals surface area contributed by atoms with Gasteiger partial charge >= 0.3 is 5.97 Å². The molecular weight excluding hydrogens is 702 g/mol. The number of aromatic carboxylic acids is 1. The molecule has 5 nitrogen and oxygen atoms in total. The molecule has 6 rings (SSSR count). The van der Waals surface area contributed by atoms with E-state index in [4.69, 9.17) is 5.11 Å². The third-order valence-electron chi connectivity index (χ3n) is 6.02. The van der Waals surface area contributed by atoms with Gasteiger partial charge < -0.3 is 15.3 Å². The fourth-order valence-electron chi connectivity index (χ4n) is 4.14. The van der Waals surface area contributed by atoms with Gasteiger partial charge in [0.2, 0.25) is 0 Å². The monoisotopic (exact) mass is 732 g/mol. The quantitative estimate of drug-likeness (QED) is 0.212. The lowest BCUT2D eigenvalue weighted by atomic mass is 10.1. The second-order valence-electron chi connectivity index (χ2n) is 8.63. The molecule has 38 heavy (non-hydrogen) atoms. The molecule has 0 aromatic heterocycles. The first kappa shape index (κ1) is 29.8. The van der Waals surface area contributed by atoms with Crippen molar-refractivity contribution < 1.29 is 14.7 Å². The van der Waals surface area contributed by atoms with Gasteiger partial charge in [0.15, 0.2) is 0 Å². The number of hydrogen-bond donors (Lipinski definition) is 2. The molecule has 2 heterocycles. The second-order valence-corrected chi connectivity index (χ2v) is 11.1. The number of carbonyl (C=O) groups is 2. The lowest BCUT2D eigenvalue weighted by Gasteiger charge is -2.15. The summed E-state index contributed by atoms with van der Waals surface area (Å²) in [5.41, 5.74) is 6.55. The molecule has 196 valence electrons. The van der Waals surface area contributed by atoms with E-state index in [-0.39, 0.29) is 13.3 Å². The Morgan fingerprint density at radius 3 is 1.55 bits per heavy atom. The van der Waals surface area contributed by atoms with Gasteiger partial charge in [0.05, 0.1) is 5.56 Å². The molecular formula is C31H30I2N2O3. The number of nitrogens with zero attached hydrogens (tertiary/aromatic N) is 1. The Bertz CT molecular complexity index is 1360. The molecule has 0 fully saturated rings. The number of carboxylic acid groups (broad SMARTS) is 1. The molecule has 4 aromatic rings. The number of nitrogens with one attached hydrogen (secondary N) is 1. The molecule has 0 spiro atoms. The lowest BCUT2D eigenvalue weighted by molar-refractivity contribution is 0.0695. The minimum absolute atomic E-state index is 0. The van der Waals surface area contributed by atoms with Crippen molar-refractivity contribution in [2.24, 2.45) is 0 Å².